The average molecular weight is 365 g/mol. The van der Waals surface area contributed by atoms with Crippen molar-refractivity contribution < 1.29 is 4.79 Å². The van der Waals surface area contributed by atoms with Gasteiger partial charge in [0.2, 0.25) is 5.91 Å². The first-order valence-electron chi connectivity index (χ1n) is 10.4. The third-order valence-electron chi connectivity index (χ3n) is 5.67. The summed E-state index contributed by atoms with van der Waals surface area (Å²) in [5, 5.41) is 3.23. The molecule has 3 heteroatoms. The molecule has 1 aliphatic rings. The van der Waals surface area contributed by atoms with Crippen LogP contribution >= 0.6 is 0 Å². The quantitative estimate of drug-likeness (QED) is 0.762. The van der Waals surface area contributed by atoms with Gasteiger partial charge in [-0.05, 0) is 55.3 Å². The molecule has 1 heterocycles. The van der Waals surface area contributed by atoms with Gasteiger partial charge in [-0.2, -0.15) is 0 Å². The fourth-order valence-electron chi connectivity index (χ4n) is 4.15. The van der Waals surface area contributed by atoms with Gasteiger partial charge in [0.05, 0.1) is 6.54 Å². The zero-order valence-electron chi connectivity index (χ0n) is 16.7. The molecule has 2 aromatic rings. The highest BCUT2D eigenvalue weighted by atomic mass is 16.2. The Morgan fingerprint density at radius 2 is 1.70 bits per heavy atom. The Balaban J connectivity index is 1.67. The first kappa shape index (κ1) is 19.6. The summed E-state index contributed by atoms with van der Waals surface area (Å²) < 4.78 is 0. The Hall–Kier alpha value is -2.13. The van der Waals surface area contributed by atoms with Crippen molar-refractivity contribution in [1.29, 1.82) is 0 Å². The van der Waals surface area contributed by atoms with E-state index in [4.69, 9.17) is 0 Å². The first-order chi connectivity index (χ1) is 13.2. The van der Waals surface area contributed by atoms with E-state index in [2.05, 4.69) is 72.6 Å². The summed E-state index contributed by atoms with van der Waals surface area (Å²) in [6.45, 7) is 5.79. The highest BCUT2D eigenvalue weighted by Crippen LogP contribution is 2.24. The predicted molar refractivity (Wildman–Crippen MR) is 113 cm³/mol. The molecule has 1 aliphatic heterocycles. The molecule has 0 radical (unpaired) electrons. The molecular formula is C24H32N2O. The minimum atomic E-state index is 0.116. The van der Waals surface area contributed by atoms with E-state index >= 15 is 0 Å². The maximum absolute atomic E-state index is 12.9. The summed E-state index contributed by atoms with van der Waals surface area (Å²) in [5.41, 5.74) is 4.84. The minimum Gasteiger partial charge on any atom is -0.324 e. The lowest BCUT2D eigenvalue weighted by molar-refractivity contribution is -0.118. The minimum absolute atomic E-state index is 0.116. The van der Waals surface area contributed by atoms with Gasteiger partial charge < -0.3 is 5.32 Å². The molecule has 1 amide bonds. The second kappa shape index (κ2) is 9.70. The van der Waals surface area contributed by atoms with Crippen molar-refractivity contribution in [2.24, 2.45) is 0 Å². The molecule has 0 spiro atoms. The number of benzene rings is 2. The fourth-order valence-corrected chi connectivity index (χ4v) is 4.15. The van der Waals surface area contributed by atoms with Gasteiger partial charge in [-0.15, -0.1) is 0 Å². The number of carbonyl (C=O) groups excluding carboxylic acids is 1. The van der Waals surface area contributed by atoms with Gasteiger partial charge in [-0.1, -0.05) is 68.8 Å². The van der Waals surface area contributed by atoms with Crippen molar-refractivity contribution in [3.05, 3.63) is 65.2 Å². The molecular weight excluding hydrogens is 332 g/mol. The van der Waals surface area contributed by atoms with Gasteiger partial charge in [0.1, 0.15) is 0 Å². The molecule has 1 saturated heterocycles. The molecule has 0 bridgehead atoms. The van der Waals surface area contributed by atoms with Crippen LogP contribution in [0.2, 0.25) is 0 Å². The molecule has 0 saturated carbocycles. The van der Waals surface area contributed by atoms with Crippen LogP contribution in [0, 0.1) is 0 Å². The van der Waals surface area contributed by atoms with Crippen molar-refractivity contribution in [1.82, 2.24) is 4.90 Å². The maximum Gasteiger partial charge on any atom is 0.238 e. The standard InChI is InChI=1S/C24H32N2O/c1-3-20-13-10-14-21(4-2)24(20)25-23(27)18-26-16-9-8-15-22(26)17-19-11-6-5-7-12-19/h5-7,10-14,22H,3-4,8-9,15-18H2,1-2H3,(H,25,27). The van der Waals surface area contributed by atoms with Crippen LogP contribution in [0.3, 0.4) is 0 Å². The lowest BCUT2D eigenvalue weighted by Crippen LogP contribution is -2.45. The van der Waals surface area contributed by atoms with Gasteiger partial charge >= 0.3 is 0 Å². The van der Waals surface area contributed by atoms with Gasteiger partial charge in [0, 0.05) is 11.7 Å². The van der Waals surface area contributed by atoms with Gasteiger partial charge in [0.25, 0.3) is 0 Å². The number of nitrogens with zero attached hydrogens (tertiary/aromatic N) is 1. The summed E-state index contributed by atoms with van der Waals surface area (Å²) >= 11 is 0. The predicted octanol–water partition coefficient (Wildman–Crippen LogP) is 4.85. The number of likely N-dealkylation sites (tertiary alicyclic amines) is 1. The number of anilines is 1. The van der Waals surface area contributed by atoms with Gasteiger partial charge in [-0.25, -0.2) is 0 Å². The van der Waals surface area contributed by atoms with Crippen LogP contribution in [0.1, 0.15) is 49.8 Å². The Morgan fingerprint density at radius 1 is 1.00 bits per heavy atom. The summed E-state index contributed by atoms with van der Waals surface area (Å²) in [6, 6.07) is 17.4. The maximum atomic E-state index is 12.9. The second-order valence-corrected chi connectivity index (χ2v) is 7.52. The highest BCUT2D eigenvalue weighted by molar-refractivity contribution is 5.93. The molecule has 1 atom stereocenters. The van der Waals surface area contributed by atoms with Crippen LogP contribution < -0.4 is 5.32 Å². The van der Waals surface area contributed by atoms with Crippen LogP contribution in [0.4, 0.5) is 5.69 Å². The van der Waals surface area contributed by atoms with E-state index in [-0.39, 0.29) is 5.91 Å². The molecule has 1 fully saturated rings. The molecule has 3 nitrogen and oxygen atoms in total. The number of nitrogens with one attached hydrogen (secondary N) is 1. The third kappa shape index (κ3) is 5.20. The molecule has 144 valence electrons. The van der Waals surface area contributed by atoms with E-state index in [9.17, 15) is 4.79 Å². The molecule has 0 aromatic heterocycles. The van der Waals surface area contributed by atoms with Crippen LogP contribution in [0.25, 0.3) is 0 Å². The number of hydrogen-bond donors (Lipinski definition) is 1. The van der Waals surface area contributed by atoms with Gasteiger partial charge in [-0.3, -0.25) is 9.69 Å². The van der Waals surface area contributed by atoms with Crippen LogP contribution in [-0.4, -0.2) is 29.9 Å². The summed E-state index contributed by atoms with van der Waals surface area (Å²) in [7, 11) is 0. The molecule has 1 unspecified atom stereocenters. The Morgan fingerprint density at radius 3 is 2.37 bits per heavy atom. The van der Waals surface area contributed by atoms with E-state index < -0.39 is 0 Å². The molecule has 3 rings (SSSR count). The molecule has 2 aromatic carbocycles. The molecule has 0 aliphatic carbocycles. The fraction of sp³-hybridized carbons (Fsp3) is 0.458. The van der Waals surface area contributed by atoms with Crippen LogP contribution in [0.15, 0.2) is 48.5 Å². The number of aryl methyl sites for hydroxylation is 2. The molecule has 27 heavy (non-hydrogen) atoms. The third-order valence-corrected chi connectivity index (χ3v) is 5.67. The van der Waals surface area contributed by atoms with Crippen LogP contribution in [-0.2, 0) is 24.1 Å². The zero-order chi connectivity index (χ0) is 19.1. The van der Waals surface area contributed by atoms with Gasteiger partial charge in [0.15, 0.2) is 0 Å². The Bertz CT molecular complexity index is 719. The van der Waals surface area contributed by atoms with E-state index in [1.165, 1.54) is 36.0 Å². The smallest absolute Gasteiger partial charge is 0.238 e. The topological polar surface area (TPSA) is 32.3 Å². The number of amides is 1. The van der Waals surface area contributed by atoms with Crippen molar-refractivity contribution in [2.75, 3.05) is 18.4 Å². The largest absolute Gasteiger partial charge is 0.324 e. The Labute approximate surface area is 163 Å². The molecule has 1 N–H and O–H groups in total. The van der Waals surface area contributed by atoms with E-state index in [1.807, 2.05) is 0 Å². The lowest BCUT2D eigenvalue weighted by Gasteiger charge is -2.35. The zero-order valence-corrected chi connectivity index (χ0v) is 16.7. The normalized spacial score (nSPS) is 17.6. The monoisotopic (exact) mass is 364 g/mol. The average Bonchev–Trinajstić information content (AvgIpc) is 2.70. The highest BCUT2D eigenvalue weighted by Gasteiger charge is 2.24. The van der Waals surface area contributed by atoms with Crippen molar-refractivity contribution in [3.8, 4) is 0 Å². The number of rotatable bonds is 7. The van der Waals surface area contributed by atoms with Crippen molar-refractivity contribution in [3.63, 3.8) is 0 Å². The SMILES string of the molecule is CCc1cccc(CC)c1NC(=O)CN1CCCCC1Cc1ccccc1. The Kier molecular flexibility index (Phi) is 7.05. The summed E-state index contributed by atoms with van der Waals surface area (Å²) in [5.74, 6) is 0.116. The number of piperidine rings is 1. The number of carbonyl (C=O) groups is 1. The number of hydrogen-bond acceptors (Lipinski definition) is 2. The van der Waals surface area contributed by atoms with E-state index in [0.29, 0.717) is 12.6 Å². The number of para-hydroxylation sites is 1. The van der Waals surface area contributed by atoms with E-state index in [1.54, 1.807) is 0 Å². The first-order valence-corrected chi connectivity index (χ1v) is 10.4. The lowest BCUT2D eigenvalue weighted by atomic mass is 9.95. The van der Waals surface area contributed by atoms with Crippen molar-refractivity contribution >= 4 is 11.6 Å². The summed E-state index contributed by atoms with van der Waals surface area (Å²) in [4.78, 5) is 15.2. The van der Waals surface area contributed by atoms with Crippen LogP contribution in [0.5, 0.6) is 0 Å². The van der Waals surface area contributed by atoms with Crippen molar-refractivity contribution in [2.45, 2.75) is 58.4 Å². The van der Waals surface area contributed by atoms with E-state index in [0.717, 1.165) is 31.5 Å². The summed E-state index contributed by atoms with van der Waals surface area (Å²) in [6.07, 6.45) is 6.51. The second-order valence-electron chi connectivity index (χ2n) is 7.52.